The van der Waals surface area contributed by atoms with Crippen LogP contribution in [0.15, 0.2) is 6.20 Å². The van der Waals surface area contributed by atoms with Crippen LogP contribution in [0.25, 0.3) is 0 Å². The van der Waals surface area contributed by atoms with Crippen LogP contribution in [0.4, 0.5) is 5.13 Å². The first-order valence-corrected chi connectivity index (χ1v) is 6.09. The fraction of sp³-hybridized carbons (Fsp3) is 0.667. The Hall–Kier alpha value is -0.320. The van der Waals surface area contributed by atoms with Crippen molar-refractivity contribution in [2.45, 2.75) is 5.88 Å². The SMILES string of the molecule is CN1CCN(c2ncc(CCl)s2)CC1. The third-order valence-corrected chi connectivity index (χ3v) is 3.95. The number of hydrogen-bond donors (Lipinski definition) is 0. The molecule has 14 heavy (non-hydrogen) atoms. The lowest BCUT2D eigenvalue weighted by molar-refractivity contribution is 0.313. The average Bonchev–Trinajstić information content (AvgIpc) is 2.67. The second-order valence-corrected chi connectivity index (χ2v) is 4.89. The Morgan fingerprint density at radius 2 is 2.14 bits per heavy atom. The number of piperazine rings is 1. The summed E-state index contributed by atoms with van der Waals surface area (Å²) in [6.07, 6.45) is 1.88. The molecule has 1 saturated heterocycles. The highest BCUT2D eigenvalue weighted by Gasteiger charge is 2.16. The van der Waals surface area contributed by atoms with Gasteiger partial charge in [-0.05, 0) is 7.05 Å². The van der Waals surface area contributed by atoms with Gasteiger partial charge < -0.3 is 9.80 Å². The molecule has 0 aliphatic carbocycles. The summed E-state index contributed by atoms with van der Waals surface area (Å²) < 4.78 is 0. The number of halogens is 1. The molecule has 3 nitrogen and oxygen atoms in total. The number of rotatable bonds is 2. The molecular formula is C9H14ClN3S. The van der Waals surface area contributed by atoms with E-state index in [-0.39, 0.29) is 0 Å². The second-order valence-electron chi connectivity index (χ2n) is 3.53. The molecule has 0 saturated carbocycles. The summed E-state index contributed by atoms with van der Waals surface area (Å²) in [7, 11) is 2.16. The molecule has 0 atom stereocenters. The predicted molar refractivity (Wildman–Crippen MR) is 61.4 cm³/mol. The normalized spacial score (nSPS) is 18.9. The van der Waals surface area contributed by atoms with Crippen molar-refractivity contribution in [3.8, 4) is 0 Å². The molecule has 0 bridgehead atoms. The maximum atomic E-state index is 5.75. The zero-order valence-corrected chi connectivity index (χ0v) is 9.81. The minimum Gasteiger partial charge on any atom is -0.346 e. The van der Waals surface area contributed by atoms with Crippen molar-refractivity contribution in [3.05, 3.63) is 11.1 Å². The van der Waals surface area contributed by atoms with Crippen LogP contribution in [0.1, 0.15) is 4.88 Å². The van der Waals surface area contributed by atoms with Crippen LogP contribution in [0.2, 0.25) is 0 Å². The number of aromatic nitrogens is 1. The molecule has 0 N–H and O–H groups in total. The highest BCUT2D eigenvalue weighted by atomic mass is 35.5. The lowest BCUT2D eigenvalue weighted by atomic mass is 10.3. The first-order valence-electron chi connectivity index (χ1n) is 4.74. The zero-order chi connectivity index (χ0) is 9.97. The number of nitrogens with zero attached hydrogens (tertiary/aromatic N) is 3. The van der Waals surface area contributed by atoms with E-state index in [0.29, 0.717) is 5.88 Å². The number of anilines is 1. The smallest absolute Gasteiger partial charge is 0.185 e. The monoisotopic (exact) mass is 231 g/mol. The molecule has 1 aliphatic heterocycles. The summed E-state index contributed by atoms with van der Waals surface area (Å²) in [5.74, 6) is 0.575. The summed E-state index contributed by atoms with van der Waals surface area (Å²) in [6.45, 7) is 4.39. The van der Waals surface area contributed by atoms with Crippen molar-refractivity contribution >= 4 is 28.1 Å². The third-order valence-electron chi connectivity index (χ3n) is 2.45. The highest BCUT2D eigenvalue weighted by molar-refractivity contribution is 7.15. The molecule has 1 aliphatic rings. The molecule has 0 unspecified atom stereocenters. The van der Waals surface area contributed by atoms with Gasteiger partial charge in [-0.3, -0.25) is 0 Å². The van der Waals surface area contributed by atoms with E-state index in [1.165, 1.54) is 0 Å². The minimum absolute atomic E-state index is 0.575. The van der Waals surface area contributed by atoms with E-state index in [1.54, 1.807) is 11.3 Å². The van der Waals surface area contributed by atoms with Crippen molar-refractivity contribution in [2.75, 3.05) is 38.1 Å². The van der Waals surface area contributed by atoms with Gasteiger partial charge in [0.25, 0.3) is 0 Å². The molecule has 1 aromatic heterocycles. The fourth-order valence-electron chi connectivity index (χ4n) is 1.50. The molecule has 1 aromatic rings. The first-order chi connectivity index (χ1) is 6.79. The van der Waals surface area contributed by atoms with Crippen LogP contribution >= 0.6 is 22.9 Å². The van der Waals surface area contributed by atoms with Crippen LogP contribution in [0.3, 0.4) is 0 Å². The minimum atomic E-state index is 0.575. The van der Waals surface area contributed by atoms with Crippen LogP contribution in [-0.2, 0) is 5.88 Å². The van der Waals surface area contributed by atoms with Gasteiger partial charge in [-0.1, -0.05) is 0 Å². The fourth-order valence-corrected chi connectivity index (χ4v) is 2.55. The van der Waals surface area contributed by atoms with Crippen molar-refractivity contribution in [3.63, 3.8) is 0 Å². The van der Waals surface area contributed by atoms with Gasteiger partial charge in [-0.2, -0.15) is 0 Å². The predicted octanol–water partition coefficient (Wildman–Crippen LogP) is 1.63. The van der Waals surface area contributed by atoms with Gasteiger partial charge in [-0.15, -0.1) is 22.9 Å². The molecular weight excluding hydrogens is 218 g/mol. The largest absolute Gasteiger partial charge is 0.346 e. The van der Waals surface area contributed by atoms with Crippen LogP contribution in [0, 0.1) is 0 Å². The second kappa shape index (κ2) is 4.47. The average molecular weight is 232 g/mol. The maximum Gasteiger partial charge on any atom is 0.185 e. The van der Waals surface area contributed by atoms with E-state index in [4.69, 9.17) is 11.6 Å². The Kier molecular flexibility index (Phi) is 3.26. The molecule has 0 aromatic carbocycles. The molecule has 0 radical (unpaired) electrons. The van der Waals surface area contributed by atoms with Gasteiger partial charge in [-0.25, -0.2) is 4.98 Å². The Labute approximate surface area is 93.3 Å². The summed E-state index contributed by atoms with van der Waals surface area (Å²) >= 11 is 7.45. The van der Waals surface area contributed by atoms with E-state index in [9.17, 15) is 0 Å². The number of likely N-dealkylation sites (N-methyl/N-ethyl adjacent to an activating group) is 1. The summed E-state index contributed by atoms with van der Waals surface area (Å²) in [5.41, 5.74) is 0. The maximum absolute atomic E-state index is 5.75. The van der Waals surface area contributed by atoms with Gasteiger partial charge in [0.2, 0.25) is 0 Å². The quantitative estimate of drug-likeness (QED) is 0.722. The summed E-state index contributed by atoms with van der Waals surface area (Å²) in [4.78, 5) is 10.2. The van der Waals surface area contributed by atoms with Crippen LogP contribution in [0.5, 0.6) is 0 Å². The Balaban J connectivity index is 2.01. The standard InChI is InChI=1S/C9H14ClN3S/c1-12-2-4-13(5-3-12)9-11-7-8(6-10)14-9/h7H,2-6H2,1H3. The molecule has 2 rings (SSSR count). The van der Waals surface area contributed by atoms with E-state index < -0.39 is 0 Å². The molecule has 1 fully saturated rings. The Morgan fingerprint density at radius 1 is 1.43 bits per heavy atom. The number of thiazole rings is 1. The molecule has 5 heteroatoms. The lowest BCUT2D eigenvalue weighted by Crippen LogP contribution is -2.44. The first kappa shape index (κ1) is 10.2. The molecule has 2 heterocycles. The van der Waals surface area contributed by atoms with Crippen molar-refractivity contribution in [1.82, 2.24) is 9.88 Å². The molecule has 0 spiro atoms. The van der Waals surface area contributed by atoms with Crippen molar-refractivity contribution < 1.29 is 0 Å². The topological polar surface area (TPSA) is 19.4 Å². The Bertz CT molecular complexity index is 294. The van der Waals surface area contributed by atoms with Gasteiger partial charge in [0.1, 0.15) is 0 Å². The lowest BCUT2D eigenvalue weighted by Gasteiger charge is -2.32. The summed E-state index contributed by atoms with van der Waals surface area (Å²) in [5, 5.41) is 1.12. The Morgan fingerprint density at radius 3 is 2.71 bits per heavy atom. The van der Waals surface area contributed by atoms with Crippen molar-refractivity contribution in [1.29, 1.82) is 0 Å². The van der Waals surface area contributed by atoms with E-state index in [1.807, 2.05) is 6.20 Å². The zero-order valence-electron chi connectivity index (χ0n) is 8.24. The van der Waals surface area contributed by atoms with Gasteiger partial charge >= 0.3 is 0 Å². The van der Waals surface area contributed by atoms with Crippen molar-refractivity contribution in [2.24, 2.45) is 0 Å². The van der Waals surface area contributed by atoms with E-state index >= 15 is 0 Å². The number of hydrogen-bond acceptors (Lipinski definition) is 4. The number of alkyl halides is 1. The van der Waals surface area contributed by atoms with Gasteiger partial charge in [0.15, 0.2) is 5.13 Å². The third kappa shape index (κ3) is 2.19. The molecule has 0 amide bonds. The molecule has 78 valence electrons. The van der Waals surface area contributed by atoms with Gasteiger partial charge in [0.05, 0.1) is 5.88 Å². The van der Waals surface area contributed by atoms with E-state index in [2.05, 4.69) is 21.8 Å². The highest BCUT2D eigenvalue weighted by Crippen LogP contribution is 2.24. The van der Waals surface area contributed by atoms with E-state index in [0.717, 1.165) is 36.2 Å². The van der Waals surface area contributed by atoms with Crippen LogP contribution < -0.4 is 4.90 Å². The summed E-state index contributed by atoms with van der Waals surface area (Å²) in [6, 6.07) is 0. The van der Waals surface area contributed by atoms with Crippen LogP contribution in [-0.4, -0.2) is 43.1 Å². The van der Waals surface area contributed by atoms with Gasteiger partial charge in [0, 0.05) is 37.3 Å².